The van der Waals surface area contributed by atoms with E-state index in [2.05, 4.69) is 45.7 Å². The van der Waals surface area contributed by atoms with Gasteiger partial charge in [-0.2, -0.15) is 0 Å². The van der Waals surface area contributed by atoms with Crippen LogP contribution in [0.25, 0.3) is 0 Å². The number of ketones is 1. The maximum Gasteiger partial charge on any atom is 0.303 e. The van der Waals surface area contributed by atoms with Crippen molar-refractivity contribution in [2.45, 2.75) is 86.9 Å². The molecule has 0 aromatic heterocycles. The lowest BCUT2D eigenvalue weighted by molar-refractivity contribution is -0.137. The van der Waals surface area contributed by atoms with Crippen molar-refractivity contribution < 1.29 is 24.2 Å². The van der Waals surface area contributed by atoms with Gasteiger partial charge in [0.05, 0.1) is 12.0 Å². The highest BCUT2D eigenvalue weighted by atomic mass is 32.2. The van der Waals surface area contributed by atoms with Gasteiger partial charge in [-0.3, -0.25) is 9.59 Å². The molecule has 1 aliphatic rings. The number of aliphatic hydroxyl groups is 1. The van der Waals surface area contributed by atoms with Gasteiger partial charge in [0.1, 0.15) is 11.9 Å². The molecule has 0 spiro atoms. The number of Topliss-reactive ketones (excluding diaryl/α,β-unsaturated/α-hetero) is 1. The lowest BCUT2D eigenvalue weighted by atomic mass is 9.99. The first-order valence-electron chi connectivity index (χ1n) is 10.7. The smallest absolute Gasteiger partial charge is 0.303 e. The van der Waals surface area contributed by atoms with Crippen LogP contribution in [0.15, 0.2) is 35.2 Å². The zero-order chi connectivity index (χ0) is 23.2. The summed E-state index contributed by atoms with van der Waals surface area (Å²) in [7, 11) is -2.11. The Kier molecular flexibility index (Phi) is 8.96. The van der Waals surface area contributed by atoms with Crippen molar-refractivity contribution >= 4 is 31.8 Å². The van der Waals surface area contributed by atoms with Gasteiger partial charge >= 0.3 is 5.97 Å². The molecule has 1 fully saturated rings. The molecule has 0 radical (unpaired) electrons. The number of unbranched alkanes of at least 4 members (excludes halogenated alkanes) is 1. The van der Waals surface area contributed by atoms with E-state index >= 15 is 0 Å². The maximum absolute atomic E-state index is 13.0. The minimum Gasteiger partial charge on any atom is -0.481 e. The number of hydrogen-bond acceptors (Lipinski definition) is 5. The Bertz CT molecular complexity index is 822. The Morgan fingerprint density at radius 1 is 1.29 bits per heavy atom. The Morgan fingerprint density at radius 3 is 2.52 bits per heavy atom. The van der Waals surface area contributed by atoms with Gasteiger partial charge in [-0.05, 0) is 36.7 Å². The van der Waals surface area contributed by atoms with Gasteiger partial charge in [0.2, 0.25) is 0 Å². The number of thioether (sulfide) groups is 1. The Balaban J connectivity index is 2.23. The fourth-order valence-electron chi connectivity index (χ4n) is 3.28. The van der Waals surface area contributed by atoms with Gasteiger partial charge in [0.25, 0.3) is 0 Å². The fourth-order valence-corrected chi connectivity index (χ4v) is 6.10. The van der Waals surface area contributed by atoms with Crippen molar-refractivity contribution in [1.82, 2.24) is 0 Å². The molecule has 1 aromatic carbocycles. The second kappa shape index (κ2) is 10.8. The highest BCUT2D eigenvalue weighted by Crippen LogP contribution is 2.45. The monoisotopic (exact) mass is 462 g/mol. The number of rotatable bonds is 8. The molecule has 1 aliphatic carbocycles. The molecule has 31 heavy (non-hydrogen) atoms. The number of benzene rings is 1. The zero-order valence-electron chi connectivity index (χ0n) is 19.1. The maximum atomic E-state index is 13.0. The van der Waals surface area contributed by atoms with Gasteiger partial charge in [0.15, 0.2) is 8.32 Å². The first kappa shape index (κ1) is 25.7. The number of aliphatic hydroxyl groups excluding tert-OH is 1. The van der Waals surface area contributed by atoms with E-state index in [1.165, 1.54) is 0 Å². The van der Waals surface area contributed by atoms with Crippen LogP contribution in [0.2, 0.25) is 18.1 Å². The molecule has 2 rings (SSSR count). The molecule has 0 heterocycles. The number of carboxylic acid groups (broad SMARTS) is 1. The van der Waals surface area contributed by atoms with E-state index < -0.39 is 26.3 Å². The normalized spacial score (nSPS) is 22.6. The number of carbonyl (C=O) groups excluding carboxylic acids is 1. The quantitative estimate of drug-likeness (QED) is 0.330. The summed E-state index contributed by atoms with van der Waals surface area (Å²) < 4.78 is 6.64. The predicted octanol–water partition coefficient (Wildman–Crippen LogP) is 4.75. The van der Waals surface area contributed by atoms with Crippen LogP contribution in [0.1, 0.15) is 46.5 Å². The number of carboxylic acids is 1. The lowest BCUT2D eigenvalue weighted by Gasteiger charge is -2.40. The van der Waals surface area contributed by atoms with E-state index in [-0.39, 0.29) is 35.0 Å². The average Bonchev–Trinajstić information content (AvgIpc) is 2.95. The number of hydrogen-bond donors (Lipinski definition) is 2. The summed E-state index contributed by atoms with van der Waals surface area (Å²) in [6.07, 6.45) is -0.238. The van der Waals surface area contributed by atoms with E-state index in [0.717, 1.165) is 4.90 Å². The van der Waals surface area contributed by atoms with Crippen LogP contribution in [0, 0.1) is 17.8 Å². The molecule has 0 amide bonds. The van der Waals surface area contributed by atoms with Crippen LogP contribution in [-0.2, 0) is 14.0 Å². The highest BCUT2D eigenvalue weighted by molar-refractivity contribution is 8.00. The SMILES string of the molecule is CC(C)(C)[Si](C)(C)OC1CC(=O)C(C(O)C#CCCCC(=O)O)C1Sc1ccccc1. The summed E-state index contributed by atoms with van der Waals surface area (Å²) in [4.78, 5) is 24.6. The molecule has 170 valence electrons. The van der Waals surface area contributed by atoms with E-state index in [4.69, 9.17) is 9.53 Å². The second-order valence-electron chi connectivity index (χ2n) is 9.52. The first-order valence-corrected chi connectivity index (χ1v) is 14.5. The van der Waals surface area contributed by atoms with Crippen LogP contribution in [-0.4, -0.2) is 47.7 Å². The minimum absolute atomic E-state index is 0.0126. The van der Waals surface area contributed by atoms with Crippen molar-refractivity contribution in [2.24, 2.45) is 5.92 Å². The summed E-state index contributed by atoms with van der Waals surface area (Å²) in [6.45, 7) is 10.9. The third kappa shape index (κ3) is 7.21. The van der Waals surface area contributed by atoms with Gasteiger partial charge in [0, 0.05) is 29.4 Å². The molecule has 1 aromatic rings. The van der Waals surface area contributed by atoms with Crippen LogP contribution >= 0.6 is 11.8 Å². The van der Waals surface area contributed by atoms with Crippen molar-refractivity contribution in [3.8, 4) is 11.8 Å². The number of carbonyl (C=O) groups is 2. The largest absolute Gasteiger partial charge is 0.481 e. The summed E-state index contributed by atoms with van der Waals surface area (Å²) >= 11 is 1.57. The molecule has 0 bridgehead atoms. The van der Waals surface area contributed by atoms with Crippen molar-refractivity contribution in [2.75, 3.05) is 0 Å². The van der Waals surface area contributed by atoms with Crippen molar-refractivity contribution in [3.05, 3.63) is 30.3 Å². The molecule has 4 unspecified atom stereocenters. The van der Waals surface area contributed by atoms with Crippen LogP contribution in [0.4, 0.5) is 0 Å². The van der Waals surface area contributed by atoms with Crippen molar-refractivity contribution in [1.29, 1.82) is 0 Å². The fraction of sp³-hybridized carbons (Fsp3) is 0.583. The van der Waals surface area contributed by atoms with Gasteiger partial charge < -0.3 is 14.6 Å². The van der Waals surface area contributed by atoms with Crippen LogP contribution in [0.5, 0.6) is 0 Å². The van der Waals surface area contributed by atoms with E-state index in [0.29, 0.717) is 12.8 Å². The van der Waals surface area contributed by atoms with E-state index in [9.17, 15) is 14.7 Å². The molecule has 4 atom stereocenters. The van der Waals surface area contributed by atoms with Gasteiger partial charge in [-0.25, -0.2) is 0 Å². The molecule has 2 N–H and O–H groups in total. The molecule has 1 saturated carbocycles. The lowest BCUT2D eigenvalue weighted by Crippen LogP contribution is -2.46. The molecule has 5 nitrogen and oxygen atoms in total. The topological polar surface area (TPSA) is 83.8 Å². The summed E-state index contributed by atoms with van der Waals surface area (Å²) in [5.41, 5.74) is 0. The third-order valence-corrected chi connectivity index (χ3v) is 12.0. The summed E-state index contributed by atoms with van der Waals surface area (Å²) in [5, 5.41) is 19.3. The first-order chi connectivity index (χ1) is 14.4. The van der Waals surface area contributed by atoms with E-state index in [1.807, 2.05) is 30.3 Å². The Labute approximate surface area is 191 Å². The molecular weight excluding hydrogens is 428 g/mol. The van der Waals surface area contributed by atoms with E-state index in [1.54, 1.807) is 11.8 Å². The Hall–Kier alpha value is -1.59. The second-order valence-corrected chi connectivity index (χ2v) is 15.5. The predicted molar refractivity (Wildman–Crippen MR) is 127 cm³/mol. The summed E-state index contributed by atoms with van der Waals surface area (Å²) in [6, 6.07) is 9.85. The minimum atomic E-state index is -2.11. The van der Waals surface area contributed by atoms with Crippen molar-refractivity contribution in [3.63, 3.8) is 0 Å². The third-order valence-electron chi connectivity index (χ3n) is 6.04. The molecule has 7 heteroatoms. The van der Waals surface area contributed by atoms with Gasteiger partial charge in [-0.15, -0.1) is 17.7 Å². The highest BCUT2D eigenvalue weighted by Gasteiger charge is 2.50. The zero-order valence-corrected chi connectivity index (χ0v) is 20.9. The molecule has 0 saturated heterocycles. The standard InChI is InChI=1S/C24H34O5SSi/c1-24(2,3)31(4,5)29-20-16-19(26)22(18(25)14-10-7-11-15-21(27)28)23(20)30-17-12-8-6-9-13-17/h6,8-9,12-13,18,20,22-23,25H,7,11,15-16H2,1-5H3,(H,27,28). The van der Waals surface area contributed by atoms with Crippen LogP contribution < -0.4 is 0 Å². The van der Waals surface area contributed by atoms with Crippen LogP contribution in [0.3, 0.4) is 0 Å². The average molecular weight is 463 g/mol. The molecule has 0 aliphatic heterocycles. The van der Waals surface area contributed by atoms with Gasteiger partial charge in [-0.1, -0.05) is 44.9 Å². The molecular formula is C24H34O5SSi. The Morgan fingerprint density at radius 2 is 1.94 bits per heavy atom. The summed E-state index contributed by atoms with van der Waals surface area (Å²) in [5.74, 6) is 4.13. The number of aliphatic carboxylic acids is 1.